The summed E-state index contributed by atoms with van der Waals surface area (Å²) in [4.78, 5) is 10.8. The Labute approximate surface area is 161 Å². The second kappa shape index (κ2) is 7.79. The number of alkyl halides is 3. The highest BCUT2D eigenvalue weighted by Gasteiger charge is 2.35. The largest absolute Gasteiger partial charge is 0.418 e. The zero-order valence-electron chi connectivity index (χ0n) is 15.4. The maximum absolute atomic E-state index is 13.3. The first-order chi connectivity index (χ1) is 13.5. The number of nitrogens with one attached hydrogen (secondary N) is 2. The standard InChI is InChI=1S/C20H22F3N5/c21-20(22,23)15-6-5-7-24-19(15)14-10-16-17(25-11-14)12-26-18(27-16)13-28-8-3-1-2-4-9-28/h5-7,10-12,25H,1-4,8-9,13H2,(H,26,27). The molecule has 3 aliphatic heterocycles. The van der Waals surface area contributed by atoms with Gasteiger partial charge in [0.05, 0.1) is 35.4 Å². The number of amidine groups is 1. The van der Waals surface area contributed by atoms with Crippen LogP contribution in [0.2, 0.25) is 0 Å². The maximum Gasteiger partial charge on any atom is 0.418 e. The van der Waals surface area contributed by atoms with Crippen LogP contribution >= 0.6 is 0 Å². The minimum atomic E-state index is -4.46. The fourth-order valence-electron chi connectivity index (χ4n) is 3.64. The quantitative estimate of drug-likeness (QED) is 0.829. The predicted molar refractivity (Wildman–Crippen MR) is 102 cm³/mol. The van der Waals surface area contributed by atoms with Gasteiger partial charge in [-0.15, -0.1) is 0 Å². The number of hydrogen-bond donors (Lipinski definition) is 2. The van der Waals surface area contributed by atoms with Crippen molar-refractivity contribution >= 4 is 11.4 Å². The van der Waals surface area contributed by atoms with E-state index in [1.165, 1.54) is 44.1 Å². The minimum absolute atomic E-state index is 0.0903. The molecule has 1 aromatic heterocycles. The van der Waals surface area contributed by atoms with E-state index in [-0.39, 0.29) is 5.69 Å². The van der Waals surface area contributed by atoms with Gasteiger partial charge >= 0.3 is 6.18 Å². The molecule has 28 heavy (non-hydrogen) atoms. The third-order valence-electron chi connectivity index (χ3n) is 5.06. The van der Waals surface area contributed by atoms with Crippen LogP contribution in [0, 0.1) is 0 Å². The van der Waals surface area contributed by atoms with E-state index < -0.39 is 11.7 Å². The number of likely N-dealkylation sites (tertiary alicyclic amines) is 1. The summed E-state index contributed by atoms with van der Waals surface area (Å²) in [5, 5.41) is 6.29. The Kier molecular flexibility index (Phi) is 5.21. The van der Waals surface area contributed by atoms with Gasteiger partial charge in [-0.1, -0.05) is 12.8 Å². The molecule has 1 fully saturated rings. The van der Waals surface area contributed by atoms with E-state index in [0.29, 0.717) is 17.8 Å². The number of aliphatic imine (C=N–C) groups is 1. The van der Waals surface area contributed by atoms with Gasteiger partial charge in [-0.05, 0) is 44.1 Å². The van der Waals surface area contributed by atoms with E-state index in [1.54, 1.807) is 12.3 Å². The minimum Gasteiger partial charge on any atom is -0.358 e. The van der Waals surface area contributed by atoms with E-state index >= 15 is 0 Å². The van der Waals surface area contributed by atoms with Crippen LogP contribution in [0.1, 0.15) is 36.9 Å². The van der Waals surface area contributed by atoms with E-state index in [1.807, 2.05) is 0 Å². The average Bonchev–Trinajstić information content (AvgIpc) is 2.95. The highest BCUT2D eigenvalue weighted by atomic mass is 19.4. The number of nitrogens with zero attached hydrogens (tertiary/aromatic N) is 3. The molecule has 4 rings (SSSR count). The third-order valence-corrected chi connectivity index (χ3v) is 5.06. The molecule has 1 saturated heterocycles. The molecule has 2 N–H and O–H groups in total. The zero-order chi connectivity index (χ0) is 19.6. The molecule has 5 nitrogen and oxygen atoms in total. The summed E-state index contributed by atoms with van der Waals surface area (Å²) in [5.74, 6) is 0.803. The molecule has 0 atom stereocenters. The molecule has 4 heterocycles. The summed E-state index contributed by atoms with van der Waals surface area (Å²) >= 11 is 0. The van der Waals surface area contributed by atoms with Crippen LogP contribution in [0.15, 0.2) is 53.2 Å². The van der Waals surface area contributed by atoms with Crippen molar-refractivity contribution in [3.63, 3.8) is 0 Å². The Balaban J connectivity index is 1.53. The van der Waals surface area contributed by atoms with Gasteiger partial charge in [0.15, 0.2) is 0 Å². The van der Waals surface area contributed by atoms with Gasteiger partial charge in [0.25, 0.3) is 0 Å². The second-order valence-corrected chi connectivity index (χ2v) is 7.13. The Hall–Kier alpha value is -2.61. The summed E-state index contributed by atoms with van der Waals surface area (Å²) in [5.41, 5.74) is 0.974. The normalized spacial score (nSPS) is 20.5. The zero-order valence-corrected chi connectivity index (χ0v) is 15.4. The monoisotopic (exact) mass is 389 g/mol. The van der Waals surface area contributed by atoms with Crippen molar-refractivity contribution in [3.8, 4) is 0 Å². The lowest BCUT2D eigenvalue weighted by Gasteiger charge is -2.27. The molecule has 0 spiro atoms. The van der Waals surface area contributed by atoms with Gasteiger partial charge in [-0.3, -0.25) is 9.88 Å². The summed E-state index contributed by atoms with van der Waals surface area (Å²) in [6.45, 7) is 2.79. The van der Waals surface area contributed by atoms with Gasteiger partial charge in [0.2, 0.25) is 0 Å². The van der Waals surface area contributed by atoms with Crippen molar-refractivity contribution in [2.75, 3.05) is 19.6 Å². The van der Waals surface area contributed by atoms with E-state index in [0.717, 1.165) is 30.7 Å². The van der Waals surface area contributed by atoms with Crippen LogP contribution in [0.4, 0.5) is 13.2 Å². The summed E-state index contributed by atoms with van der Waals surface area (Å²) in [6, 6.07) is 2.35. The topological polar surface area (TPSA) is 52.6 Å². The lowest BCUT2D eigenvalue weighted by atomic mass is 10.0. The van der Waals surface area contributed by atoms with Crippen LogP contribution in [-0.4, -0.2) is 35.4 Å². The molecule has 0 saturated carbocycles. The molecule has 0 radical (unpaired) electrons. The number of pyridine rings is 1. The average molecular weight is 389 g/mol. The molecule has 1 aromatic rings. The summed E-state index contributed by atoms with van der Waals surface area (Å²) < 4.78 is 40.0. The molecular weight excluding hydrogens is 367 g/mol. The van der Waals surface area contributed by atoms with E-state index in [9.17, 15) is 13.2 Å². The number of hydrogen-bond acceptors (Lipinski definition) is 5. The first-order valence-corrected chi connectivity index (χ1v) is 9.48. The molecule has 8 heteroatoms. The van der Waals surface area contributed by atoms with Crippen LogP contribution in [-0.2, 0) is 6.18 Å². The number of allylic oxidation sites excluding steroid dienone is 2. The van der Waals surface area contributed by atoms with Gasteiger partial charge in [-0.25, -0.2) is 4.99 Å². The number of dihydropyridines is 1. The maximum atomic E-state index is 13.3. The Morgan fingerprint density at radius 1 is 1.07 bits per heavy atom. The Morgan fingerprint density at radius 2 is 1.86 bits per heavy atom. The number of aromatic nitrogens is 1. The third kappa shape index (κ3) is 4.11. The molecule has 148 valence electrons. The van der Waals surface area contributed by atoms with E-state index in [4.69, 9.17) is 0 Å². The molecule has 0 unspecified atom stereocenters. The molecular formula is C20H22F3N5. The van der Waals surface area contributed by atoms with Crippen LogP contribution in [0.3, 0.4) is 0 Å². The molecule has 0 bridgehead atoms. The molecule has 0 aliphatic carbocycles. The molecule has 0 aromatic carbocycles. The smallest absolute Gasteiger partial charge is 0.358 e. The second-order valence-electron chi connectivity index (χ2n) is 7.13. The van der Waals surface area contributed by atoms with E-state index in [2.05, 4.69) is 25.5 Å². The highest BCUT2D eigenvalue weighted by Crippen LogP contribution is 2.35. The van der Waals surface area contributed by atoms with Crippen molar-refractivity contribution < 1.29 is 13.2 Å². The van der Waals surface area contributed by atoms with Crippen molar-refractivity contribution in [2.24, 2.45) is 4.99 Å². The van der Waals surface area contributed by atoms with Gasteiger partial charge in [0.1, 0.15) is 5.84 Å². The van der Waals surface area contributed by atoms with Crippen molar-refractivity contribution in [3.05, 3.63) is 59.5 Å². The van der Waals surface area contributed by atoms with Crippen molar-refractivity contribution in [1.29, 1.82) is 0 Å². The summed E-state index contributed by atoms with van der Waals surface area (Å²) in [7, 11) is 0. The summed E-state index contributed by atoms with van der Waals surface area (Å²) in [6.07, 6.45) is 6.74. The SMILES string of the molecule is FC(F)(F)c1cccnc1C1=CNC2=CN=C(CN3CCCCCC3)NC2=C1. The fourth-order valence-corrected chi connectivity index (χ4v) is 3.64. The Bertz CT molecular complexity index is 859. The number of fused-ring (bicyclic) bond motifs is 1. The van der Waals surface area contributed by atoms with Gasteiger partial charge < -0.3 is 10.6 Å². The van der Waals surface area contributed by atoms with Crippen LogP contribution < -0.4 is 10.6 Å². The van der Waals surface area contributed by atoms with Crippen molar-refractivity contribution in [1.82, 2.24) is 20.5 Å². The van der Waals surface area contributed by atoms with Gasteiger partial charge in [-0.2, -0.15) is 13.2 Å². The molecule has 0 amide bonds. The molecule has 3 aliphatic rings. The lowest BCUT2D eigenvalue weighted by molar-refractivity contribution is -0.138. The van der Waals surface area contributed by atoms with Crippen LogP contribution in [0.5, 0.6) is 0 Å². The predicted octanol–water partition coefficient (Wildman–Crippen LogP) is 3.65. The van der Waals surface area contributed by atoms with Crippen molar-refractivity contribution in [2.45, 2.75) is 31.9 Å². The number of rotatable bonds is 3. The fraction of sp³-hybridized carbons (Fsp3) is 0.400. The first-order valence-electron chi connectivity index (χ1n) is 9.48. The Morgan fingerprint density at radius 3 is 2.61 bits per heavy atom. The van der Waals surface area contributed by atoms with Gasteiger partial charge in [0, 0.05) is 18.0 Å². The van der Waals surface area contributed by atoms with Crippen LogP contribution in [0.25, 0.3) is 5.57 Å². The highest BCUT2D eigenvalue weighted by molar-refractivity contribution is 5.90. The number of halogens is 3. The lowest BCUT2D eigenvalue weighted by Crippen LogP contribution is -2.40. The first kappa shape index (κ1) is 18.7.